The lowest BCUT2D eigenvalue weighted by atomic mass is 10.1. The van der Waals surface area contributed by atoms with E-state index in [0.29, 0.717) is 9.98 Å². The van der Waals surface area contributed by atoms with Gasteiger partial charge in [-0.3, -0.25) is 4.40 Å². The van der Waals surface area contributed by atoms with Crippen molar-refractivity contribution in [3.05, 3.63) is 46.1 Å². The van der Waals surface area contributed by atoms with E-state index in [0.717, 1.165) is 16.8 Å². The highest BCUT2D eigenvalue weighted by atomic mass is 35.5. The molecule has 1 N–H and O–H groups in total. The molecule has 19 heavy (non-hydrogen) atoms. The van der Waals surface area contributed by atoms with E-state index in [-0.39, 0.29) is 5.69 Å². The Hall–Kier alpha value is -1.85. The number of carbonyl (C=O) groups is 1. The Morgan fingerprint density at radius 1 is 1.47 bits per heavy atom. The number of imidazole rings is 1. The van der Waals surface area contributed by atoms with Crippen LogP contribution in [0, 0.1) is 6.92 Å². The lowest BCUT2D eigenvalue weighted by molar-refractivity contribution is 0.0691. The average molecular weight is 293 g/mol. The molecule has 96 valence electrons. The monoisotopic (exact) mass is 292 g/mol. The van der Waals surface area contributed by atoms with Crippen LogP contribution in [0.15, 0.2) is 29.8 Å². The zero-order chi connectivity index (χ0) is 13.6. The van der Waals surface area contributed by atoms with E-state index in [2.05, 4.69) is 4.98 Å². The highest BCUT2D eigenvalue weighted by Gasteiger charge is 2.15. The molecule has 0 aliphatic heterocycles. The van der Waals surface area contributed by atoms with Crippen molar-refractivity contribution in [1.82, 2.24) is 9.38 Å². The van der Waals surface area contributed by atoms with Gasteiger partial charge in [0.15, 0.2) is 10.7 Å². The number of aromatic nitrogens is 2. The summed E-state index contributed by atoms with van der Waals surface area (Å²) in [4.78, 5) is 15.6. The highest BCUT2D eigenvalue weighted by molar-refractivity contribution is 7.15. The number of hydrogen-bond acceptors (Lipinski definition) is 3. The molecular weight excluding hydrogens is 284 g/mol. The number of benzene rings is 1. The van der Waals surface area contributed by atoms with Crippen LogP contribution < -0.4 is 0 Å². The Kier molecular flexibility index (Phi) is 2.80. The molecule has 0 aliphatic rings. The maximum absolute atomic E-state index is 10.9. The summed E-state index contributed by atoms with van der Waals surface area (Å²) in [6, 6.07) is 5.75. The van der Waals surface area contributed by atoms with Crippen molar-refractivity contribution in [3.8, 4) is 11.3 Å². The molecule has 0 bridgehead atoms. The summed E-state index contributed by atoms with van der Waals surface area (Å²) in [5, 5.41) is 11.5. The van der Waals surface area contributed by atoms with Gasteiger partial charge in [0.25, 0.3) is 0 Å². The Morgan fingerprint density at radius 3 is 3.00 bits per heavy atom. The first-order valence-corrected chi connectivity index (χ1v) is 6.78. The van der Waals surface area contributed by atoms with E-state index >= 15 is 0 Å². The van der Waals surface area contributed by atoms with Crippen molar-refractivity contribution in [2.45, 2.75) is 6.92 Å². The maximum atomic E-state index is 10.9. The van der Waals surface area contributed by atoms with E-state index in [9.17, 15) is 4.79 Å². The van der Waals surface area contributed by atoms with Crippen molar-refractivity contribution in [3.63, 3.8) is 0 Å². The number of aromatic carboxylic acids is 1. The van der Waals surface area contributed by atoms with Crippen molar-refractivity contribution >= 4 is 33.9 Å². The molecular formula is C13H9ClN2O2S. The molecule has 0 saturated carbocycles. The molecule has 4 nitrogen and oxygen atoms in total. The van der Waals surface area contributed by atoms with Crippen LogP contribution in [0.1, 0.15) is 16.1 Å². The van der Waals surface area contributed by atoms with Gasteiger partial charge in [-0.15, -0.1) is 11.3 Å². The van der Waals surface area contributed by atoms with Gasteiger partial charge in [0.1, 0.15) is 0 Å². The van der Waals surface area contributed by atoms with Gasteiger partial charge in [0, 0.05) is 22.2 Å². The van der Waals surface area contributed by atoms with Crippen molar-refractivity contribution in [2.24, 2.45) is 0 Å². The maximum Gasteiger partial charge on any atom is 0.356 e. The number of fused-ring (bicyclic) bond motifs is 1. The minimum Gasteiger partial charge on any atom is -0.476 e. The van der Waals surface area contributed by atoms with Crippen LogP contribution in [0.5, 0.6) is 0 Å². The third kappa shape index (κ3) is 2.01. The first-order valence-electron chi connectivity index (χ1n) is 5.52. The minimum atomic E-state index is -1.03. The molecule has 0 aliphatic carbocycles. The second-order valence-electron chi connectivity index (χ2n) is 4.19. The summed E-state index contributed by atoms with van der Waals surface area (Å²) in [5.41, 5.74) is 2.87. The number of halogens is 1. The van der Waals surface area contributed by atoms with E-state index in [1.54, 1.807) is 4.40 Å². The average Bonchev–Trinajstić information content (AvgIpc) is 2.92. The SMILES string of the molecule is Cc1ccc(Cl)c(-c2csc3nc(C(=O)O)cn23)c1. The fraction of sp³-hybridized carbons (Fsp3) is 0.0769. The van der Waals surface area contributed by atoms with Crippen LogP contribution in [-0.4, -0.2) is 20.5 Å². The molecule has 3 aromatic rings. The third-order valence-electron chi connectivity index (χ3n) is 2.83. The molecule has 6 heteroatoms. The number of rotatable bonds is 2. The molecule has 3 rings (SSSR count). The molecule has 0 atom stereocenters. The quantitative estimate of drug-likeness (QED) is 0.783. The number of thiazole rings is 1. The second-order valence-corrected chi connectivity index (χ2v) is 5.43. The topological polar surface area (TPSA) is 54.6 Å². The Labute approximate surface area is 117 Å². The first kappa shape index (κ1) is 12.2. The van der Waals surface area contributed by atoms with Gasteiger partial charge in [-0.05, 0) is 19.1 Å². The van der Waals surface area contributed by atoms with Crippen molar-refractivity contribution in [2.75, 3.05) is 0 Å². The molecule has 0 unspecified atom stereocenters. The summed E-state index contributed by atoms with van der Waals surface area (Å²) in [7, 11) is 0. The van der Waals surface area contributed by atoms with E-state index in [1.807, 2.05) is 30.5 Å². The Balaban J connectivity index is 2.24. The normalized spacial score (nSPS) is 11.1. The van der Waals surface area contributed by atoms with Crippen LogP contribution in [0.2, 0.25) is 5.02 Å². The van der Waals surface area contributed by atoms with Gasteiger partial charge < -0.3 is 5.11 Å². The van der Waals surface area contributed by atoms with Gasteiger partial charge in [-0.2, -0.15) is 0 Å². The van der Waals surface area contributed by atoms with Crippen LogP contribution >= 0.6 is 22.9 Å². The summed E-state index contributed by atoms with van der Waals surface area (Å²) >= 11 is 7.60. The first-order chi connectivity index (χ1) is 9.06. The van der Waals surface area contributed by atoms with Gasteiger partial charge in [0.2, 0.25) is 0 Å². The summed E-state index contributed by atoms with van der Waals surface area (Å²) in [5.74, 6) is -1.03. The molecule has 0 fully saturated rings. The molecule has 0 spiro atoms. The summed E-state index contributed by atoms with van der Waals surface area (Å²) in [6.45, 7) is 1.99. The number of nitrogens with zero attached hydrogens (tertiary/aromatic N) is 2. The van der Waals surface area contributed by atoms with Crippen LogP contribution in [-0.2, 0) is 0 Å². The zero-order valence-corrected chi connectivity index (χ0v) is 11.5. The number of hydrogen-bond donors (Lipinski definition) is 1. The van der Waals surface area contributed by atoms with Crippen LogP contribution in [0.4, 0.5) is 0 Å². The molecule has 2 heterocycles. The lowest BCUT2D eigenvalue weighted by Gasteiger charge is -2.04. The smallest absolute Gasteiger partial charge is 0.356 e. The fourth-order valence-electron chi connectivity index (χ4n) is 1.92. The van der Waals surface area contributed by atoms with Gasteiger partial charge in [0.05, 0.1) is 5.69 Å². The molecule has 1 aromatic carbocycles. The highest BCUT2D eigenvalue weighted by Crippen LogP contribution is 2.32. The zero-order valence-electron chi connectivity index (χ0n) is 9.92. The Morgan fingerprint density at radius 2 is 2.26 bits per heavy atom. The number of carboxylic acid groups (broad SMARTS) is 1. The predicted octanol–water partition coefficient (Wildman–Crippen LogP) is 3.72. The molecule has 2 aromatic heterocycles. The summed E-state index contributed by atoms with van der Waals surface area (Å²) < 4.78 is 1.76. The van der Waals surface area contributed by atoms with Gasteiger partial charge in [-0.1, -0.05) is 23.2 Å². The standard InChI is InChI=1S/C13H9ClN2O2S/c1-7-2-3-9(14)8(4-7)11-6-19-13-15-10(12(17)18)5-16(11)13/h2-6H,1H3,(H,17,18). The van der Waals surface area contributed by atoms with Gasteiger partial charge in [-0.25, -0.2) is 9.78 Å². The number of aryl methyl sites for hydroxylation is 1. The summed E-state index contributed by atoms with van der Waals surface area (Å²) in [6.07, 6.45) is 1.52. The van der Waals surface area contributed by atoms with Crippen LogP contribution in [0.3, 0.4) is 0 Å². The molecule has 0 radical (unpaired) electrons. The minimum absolute atomic E-state index is 0.0388. The molecule has 0 amide bonds. The van der Waals surface area contributed by atoms with E-state index in [1.165, 1.54) is 17.5 Å². The van der Waals surface area contributed by atoms with E-state index < -0.39 is 5.97 Å². The number of carboxylic acids is 1. The predicted molar refractivity (Wildman–Crippen MR) is 75.2 cm³/mol. The third-order valence-corrected chi connectivity index (χ3v) is 4.00. The largest absolute Gasteiger partial charge is 0.476 e. The van der Waals surface area contributed by atoms with Crippen LogP contribution in [0.25, 0.3) is 16.2 Å². The second kappa shape index (κ2) is 4.36. The Bertz CT molecular complexity index is 791. The van der Waals surface area contributed by atoms with Crippen molar-refractivity contribution in [1.29, 1.82) is 0 Å². The molecule has 0 saturated heterocycles. The fourth-order valence-corrected chi connectivity index (χ4v) is 3.00. The van der Waals surface area contributed by atoms with E-state index in [4.69, 9.17) is 16.7 Å². The lowest BCUT2D eigenvalue weighted by Crippen LogP contribution is -1.95. The van der Waals surface area contributed by atoms with Gasteiger partial charge >= 0.3 is 5.97 Å². The van der Waals surface area contributed by atoms with Crippen molar-refractivity contribution < 1.29 is 9.90 Å².